The van der Waals surface area contributed by atoms with Gasteiger partial charge >= 0.3 is 0 Å². The van der Waals surface area contributed by atoms with Crippen molar-refractivity contribution in [3.8, 4) is 11.5 Å². The quantitative estimate of drug-likeness (QED) is 0.667. The number of rotatable bonds is 3. The molecule has 2 aromatic rings. The van der Waals surface area contributed by atoms with Crippen LogP contribution in [0.4, 0.5) is 5.69 Å². The van der Waals surface area contributed by atoms with E-state index in [2.05, 4.69) is 0 Å². The zero-order valence-electron chi connectivity index (χ0n) is 11.7. The average Bonchev–Trinajstić information content (AvgIpc) is 2.35. The average molecular weight is 290 g/mol. The van der Waals surface area contributed by atoms with E-state index in [0.29, 0.717) is 22.7 Å². The largest absolute Gasteiger partial charge is 0.457 e. The zero-order valence-corrected chi connectivity index (χ0v) is 12.4. The van der Waals surface area contributed by atoms with Gasteiger partial charge in [0, 0.05) is 22.3 Å². The van der Waals surface area contributed by atoms with Crippen molar-refractivity contribution in [2.75, 3.05) is 5.73 Å². The summed E-state index contributed by atoms with van der Waals surface area (Å²) < 4.78 is 5.76. The first-order chi connectivity index (χ1) is 9.38. The SMILES string of the molecule is CC(=O)c1ccc(Oc2cc(C)c(Cl)c(C)c2)cc1N. The molecule has 0 saturated carbocycles. The Morgan fingerprint density at radius 1 is 1.10 bits per heavy atom. The molecule has 4 heteroatoms. The van der Waals surface area contributed by atoms with E-state index in [1.54, 1.807) is 18.2 Å². The fourth-order valence-corrected chi connectivity index (χ4v) is 2.14. The van der Waals surface area contributed by atoms with Crippen molar-refractivity contribution in [1.82, 2.24) is 0 Å². The Morgan fingerprint density at radius 3 is 2.20 bits per heavy atom. The van der Waals surface area contributed by atoms with E-state index in [4.69, 9.17) is 22.1 Å². The molecule has 0 aromatic heterocycles. The number of ether oxygens (including phenoxy) is 1. The summed E-state index contributed by atoms with van der Waals surface area (Å²) in [5.41, 5.74) is 8.66. The first kappa shape index (κ1) is 14.4. The van der Waals surface area contributed by atoms with Gasteiger partial charge in [-0.05, 0) is 56.2 Å². The molecule has 0 unspecified atom stereocenters. The van der Waals surface area contributed by atoms with Gasteiger partial charge in [0.25, 0.3) is 0 Å². The predicted molar refractivity (Wildman–Crippen MR) is 81.9 cm³/mol. The third kappa shape index (κ3) is 2.94. The van der Waals surface area contributed by atoms with Gasteiger partial charge in [0.1, 0.15) is 11.5 Å². The van der Waals surface area contributed by atoms with E-state index < -0.39 is 0 Å². The molecule has 0 amide bonds. The lowest BCUT2D eigenvalue weighted by Gasteiger charge is -2.11. The van der Waals surface area contributed by atoms with Crippen LogP contribution in [0.25, 0.3) is 0 Å². The van der Waals surface area contributed by atoms with Crippen molar-refractivity contribution in [3.63, 3.8) is 0 Å². The van der Waals surface area contributed by atoms with Gasteiger partial charge in [0.2, 0.25) is 0 Å². The van der Waals surface area contributed by atoms with Crippen LogP contribution in [-0.4, -0.2) is 5.78 Å². The molecular weight excluding hydrogens is 274 g/mol. The number of ketones is 1. The summed E-state index contributed by atoms with van der Waals surface area (Å²) in [6, 6.07) is 8.78. The van der Waals surface area contributed by atoms with Crippen LogP contribution in [0.3, 0.4) is 0 Å². The lowest BCUT2D eigenvalue weighted by Crippen LogP contribution is -1.99. The summed E-state index contributed by atoms with van der Waals surface area (Å²) in [7, 11) is 0. The van der Waals surface area contributed by atoms with Crippen LogP contribution in [-0.2, 0) is 0 Å². The van der Waals surface area contributed by atoms with Gasteiger partial charge in [0.05, 0.1) is 0 Å². The fourth-order valence-electron chi connectivity index (χ4n) is 2.03. The highest BCUT2D eigenvalue weighted by atomic mass is 35.5. The van der Waals surface area contributed by atoms with Crippen LogP contribution in [0.5, 0.6) is 11.5 Å². The molecule has 0 heterocycles. The number of benzene rings is 2. The molecule has 3 nitrogen and oxygen atoms in total. The Hall–Kier alpha value is -2.00. The molecule has 0 fully saturated rings. The monoisotopic (exact) mass is 289 g/mol. The Balaban J connectivity index is 2.31. The number of hydrogen-bond acceptors (Lipinski definition) is 3. The van der Waals surface area contributed by atoms with Crippen molar-refractivity contribution < 1.29 is 9.53 Å². The number of nitrogen functional groups attached to an aromatic ring is 1. The third-order valence-electron chi connectivity index (χ3n) is 3.05. The summed E-state index contributed by atoms with van der Waals surface area (Å²) in [6.45, 7) is 5.34. The molecule has 2 N–H and O–H groups in total. The van der Waals surface area contributed by atoms with Crippen molar-refractivity contribution in [2.24, 2.45) is 0 Å². The molecule has 20 heavy (non-hydrogen) atoms. The van der Waals surface area contributed by atoms with Crippen LogP contribution in [0.15, 0.2) is 30.3 Å². The number of nitrogens with two attached hydrogens (primary N) is 1. The Labute approximate surface area is 123 Å². The molecule has 104 valence electrons. The molecule has 0 aliphatic heterocycles. The van der Waals surface area contributed by atoms with E-state index in [-0.39, 0.29) is 5.78 Å². The maximum absolute atomic E-state index is 11.3. The second kappa shape index (κ2) is 5.55. The summed E-state index contributed by atoms with van der Waals surface area (Å²) in [6.07, 6.45) is 0. The first-order valence-electron chi connectivity index (χ1n) is 6.23. The summed E-state index contributed by atoms with van der Waals surface area (Å²) in [5, 5.41) is 0.740. The van der Waals surface area contributed by atoms with E-state index >= 15 is 0 Å². The fraction of sp³-hybridized carbons (Fsp3) is 0.188. The van der Waals surface area contributed by atoms with E-state index in [0.717, 1.165) is 16.1 Å². The lowest BCUT2D eigenvalue weighted by atomic mass is 10.1. The number of halogens is 1. The molecule has 0 bridgehead atoms. The third-order valence-corrected chi connectivity index (χ3v) is 3.64. The maximum atomic E-state index is 11.3. The van der Waals surface area contributed by atoms with Crippen LogP contribution in [0, 0.1) is 13.8 Å². The van der Waals surface area contributed by atoms with Gasteiger partial charge in [-0.1, -0.05) is 11.6 Å². The second-order valence-corrected chi connectivity index (χ2v) is 5.16. The van der Waals surface area contributed by atoms with Gasteiger partial charge < -0.3 is 10.5 Å². The van der Waals surface area contributed by atoms with E-state index in [1.807, 2.05) is 26.0 Å². The van der Waals surface area contributed by atoms with Crippen LogP contribution in [0.2, 0.25) is 5.02 Å². The number of aryl methyl sites for hydroxylation is 2. The Kier molecular flexibility index (Phi) is 4.00. The molecule has 0 saturated heterocycles. The first-order valence-corrected chi connectivity index (χ1v) is 6.61. The summed E-state index contributed by atoms with van der Waals surface area (Å²) in [5.74, 6) is 1.22. The number of carbonyl (C=O) groups is 1. The van der Waals surface area contributed by atoms with Crippen molar-refractivity contribution >= 4 is 23.1 Å². The molecule has 0 aliphatic carbocycles. The minimum absolute atomic E-state index is 0.0627. The van der Waals surface area contributed by atoms with Crippen molar-refractivity contribution in [3.05, 3.63) is 52.0 Å². The predicted octanol–water partition coefficient (Wildman–Crippen LogP) is 4.53. The number of carbonyl (C=O) groups excluding carboxylic acids is 1. The van der Waals surface area contributed by atoms with Gasteiger partial charge in [-0.3, -0.25) is 4.79 Å². The van der Waals surface area contributed by atoms with Crippen molar-refractivity contribution in [2.45, 2.75) is 20.8 Å². The second-order valence-electron chi connectivity index (χ2n) is 4.78. The smallest absolute Gasteiger partial charge is 0.161 e. The molecule has 0 spiro atoms. The van der Waals surface area contributed by atoms with Crippen molar-refractivity contribution in [1.29, 1.82) is 0 Å². The van der Waals surface area contributed by atoms with Crippen LogP contribution in [0.1, 0.15) is 28.4 Å². The number of anilines is 1. The lowest BCUT2D eigenvalue weighted by molar-refractivity contribution is 0.101. The molecule has 0 radical (unpaired) electrons. The number of hydrogen-bond donors (Lipinski definition) is 1. The molecule has 0 atom stereocenters. The van der Waals surface area contributed by atoms with Gasteiger partial charge in [-0.25, -0.2) is 0 Å². The molecule has 2 aromatic carbocycles. The van der Waals surface area contributed by atoms with E-state index in [9.17, 15) is 4.79 Å². The highest BCUT2D eigenvalue weighted by molar-refractivity contribution is 6.32. The highest BCUT2D eigenvalue weighted by Gasteiger charge is 2.08. The van der Waals surface area contributed by atoms with Gasteiger partial charge in [-0.2, -0.15) is 0 Å². The molecule has 2 rings (SSSR count). The van der Waals surface area contributed by atoms with Crippen LogP contribution < -0.4 is 10.5 Å². The van der Waals surface area contributed by atoms with Gasteiger partial charge in [0.15, 0.2) is 5.78 Å². The number of Topliss-reactive ketones (excluding diaryl/α,β-unsaturated/α-hetero) is 1. The zero-order chi connectivity index (χ0) is 14.9. The van der Waals surface area contributed by atoms with E-state index in [1.165, 1.54) is 6.92 Å². The normalized spacial score (nSPS) is 10.4. The summed E-state index contributed by atoms with van der Waals surface area (Å²) >= 11 is 6.12. The Bertz CT molecular complexity index is 657. The maximum Gasteiger partial charge on any atom is 0.161 e. The highest BCUT2D eigenvalue weighted by Crippen LogP contribution is 2.30. The topological polar surface area (TPSA) is 52.3 Å². The molecule has 0 aliphatic rings. The minimum atomic E-state index is -0.0627. The molecular formula is C16H16ClNO2. The standard InChI is InChI=1S/C16H16ClNO2/c1-9-6-13(7-10(2)16(9)17)20-12-4-5-14(11(3)19)15(18)8-12/h4-8H,18H2,1-3H3. The van der Waals surface area contributed by atoms with Gasteiger partial charge in [-0.15, -0.1) is 0 Å². The Morgan fingerprint density at radius 2 is 1.70 bits per heavy atom. The summed E-state index contributed by atoms with van der Waals surface area (Å²) in [4.78, 5) is 11.3. The van der Waals surface area contributed by atoms with Crippen LogP contribution >= 0.6 is 11.6 Å². The minimum Gasteiger partial charge on any atom is -0.457 e.